The Morgan fingerprint density at radius 3 is 2.53 bits per heavy atom. The van der Waals surface area contributed by atoms with Gasteiger partial charge in [-0.05, 0) is 22.6 Å². The Balaban J connectivity index is 2.21. The lowest BCUT2D eigenvalue weighted by molar-refractivity contribution is 0.343. The molecule has 1 nitrogen and oxygen atoms in total. The molecule has 1 aromatic heterocycles. The van der Waals surface area contributed by atoms with E-state index in [4.69, 9.17) is 5.11 Å². The van der Waals surface area contributed by atoms with Gasteiger partial charge in [0.05, 0.1) is 6.61 Å². The first-order chi connectivity index (χ1) is 7.40. The van der Waals surface area contributed by atoms with Gasteiger partial charge < -0.3 is 5.11 Å². The second-order valence-electron chi connectivity index (χ2n) is 3.18. The van der Waals surface area contributed by atoms with Gasteiger partial charge in [-0.25, -0.2) is 0 Å². The fraction of sp³-hybridized carbons (Fsp3) is 0.0769. The highest BCUT2D eigenvalue weighted by atomic mass is 32.1. The normalized spacial score (nSPS) is 11.0. The van der Waals surface area contributed by atoms with Crippen LogP contribution in [0.2, 0.25) is 0 Å². The molecule has 0 aliphatic carbocycles. The van der Waals surface area contributed by atoms with E-state index >= 15 is 0 Å². The molecule has 1 heterocycles. The largest absolute Gasteiger partial charge is 0.392 e. The Labute approximate surface area is 93.3 Å². The summed E-state index contributed by atoms with van der Waals surface area (Å²) in [5.74, 6) is 0. The van der Waals surface area contributed by atoms with Gasteiger partial charge >= 0.3 is 0 Å². The molecular weight excluding hydrogens is 204 g/mol. The van der Waals surface area contributed by atoms with Crippen LogP contribution in [0.5, 0.6) is 0 Å². The standard InChI is InChI=1S/C13H12OS/c14-9-1-3-11-5-7-12(8-6-11)13-4-2-10-15-13/h1-8,10,14H,9H2. The summed E-state index contributed by atoms with van der Waals surface area (Å²) in [7, 11) is 0. The summed E-state index contributed by atoms with van der Waals surface area (Å²) in [5.41, 5.74) is 2.36. The van der Waals surface area contributed by atoms with Crippen molar-refractivity contribution >= 4 is 17.4 Å². The molecule has 0 bridgehead atoms. The van der Waals surface area contributed by atoms with Crippen LogP contribution in [0, 0.1) is 0 Å². The van der Waals surface area contributed by atoms with Crippen LogP contribution < -0.4 is 0 Å². The first kappa shape index (κ1) is 10.1. The third-order valence-electron chi connectivity index (χ3n) is 2.13. The average Bonchev–Trinajstić information content (AvgIpc) is 2.80. The molecule has 0 atom stereocenters. The number of hydrogen-bond donors (Lipinski definition) is 1. The molecule has 0 fully saturated rings. The lowest BCUT2D eigenvalue weighted by atomic mass is 10.1. The van der Waals surface area contributed by atoms with Crippen molar-refractivity contribution in [2.45, 2.75) is 0 Å². The maximum absolute atomic E-state index is 8.65. The molecule has 0 saturated heterocycles. The molecule has 15 heavy (non-hydrogen) atoms. The molecule has 0 unspecified atom stereocenters. The molecule has 76 valence electrons. The molecular formula is C13H12OS. The third-order valence-corrected chi connectivity index (χ3v) is 3.05. The van der Waals surface area contributed by atoms with Gasteiger partial charge in [0.1, 0.15) is 0 Å². The van der Waals surface area contributed by atoms with E-state index in [-0.39, 0.29) is 6.61 Å². The maximum atomic E-state index is 8.65. The minimum atomic E-state index is 0.0900. The zero-order chi connectivity index (χ0) is 10.5. The fourth-order valence-corrected chi connectivity index (χ4v) is 2.12. The van der Waals surface area contributed by atoms with E-state index in [2.05, 4.69) is 41.8 Å². The van der Waals surface area contributed by atoms with Crippen LogP contribution in [0.25, 0.3) is 16.5 Å². The SMILES string of the molecule is OCC=Cc1ccc(-c2cccs2)cc1. The minimum Gasteiger partial charge on any atom is -0.392 e. The summed E-state index contributed by atoms with van der Waals surface area (Å²) in [6.07, 6.45) is 3.65. The van der Waals surface area contributed by atoms with Gasteiger partial charge in [0.2, 0.25) is 0 Å². The summed E-state index contributed by atoms with van der Waals surface area (Å²) in [6.45, 7) is 0.0900. The van der Waals surface area contributed by atoms with Gasteiger partial charge in [0.15, 0.2) is 0 Å². The second kappa shape index (κ2) is 4.91. The monoisotopic (exact) mass is 216 g/mol. The van der Waals surface area contributed by atoms with Crippen molar-refractivity contribution in [2.75, 3.05) is 6.61 Å². The second-order valence-corrected chi connectivity index (χ2v) is 4.13. The molecule has 0 spiro atoms. The van der Waals surface area contributed by atoms with Crippen LogP contribution in [0.3, 0.4) is 0 Å². The van der Waals surface area contributed by atoms with Gasteiger partial charge in [-0.2, -0.15) is 0 Å². The Morgan fingerprint density at radius 2 is 1.93 bits per heavy atom. The van der Waals surface area contributed by atoms with E-state index in [9.17, 15) is 0 Å². The number of aliphatic hydroxyl groups is 1. The van der Waals surface area contributed by atoms with Gasteiger partial charge in [-0.3, -0.25) is 0 Å². The molecule has 1 N–H and O–H groups in total. The summed E-state index contributed by atoms with van der Waals surface area (Å²) >= 11 is 1.74. The number of thiophene rings is 1. The maximum Gasteiger partial charge on any atom is 0.0615 e. The average molecular weight is 216 g/mol. The number of benzene rings is 1. The molecule has 2 aromatic rings. The number of rotatable bonds is 3. The predicted octanol–water partition coefficient (Wildman–Crippen LogP) is 3.42. The van der Waals surface area contributed by atoms with Crippen LogP contribution >= 0.6 is 11.3 Å². The van der Waals surface area contributed by atoms with Crippen LogP contribution in [0.1, 0.15) is 5.56 Å². The van der Waals surface area contributed by atoms with E-state index in [1.165, 1.54) is 10.4 Å². The smallest absolute Gasteiger partial charge is 0.0615 e. The summed E-state index contributed by atoms with van der Waals surface area (Å²) in [6, 6.07) is 12.5. The molecule has 0 amide bonds. The summed E-state index contributed by atoms with van der Waals surface area (Å²) in [5, 5.41) is 10.7. The highest BCUT2D eigenvalue weighted by Crippen LogP contribution is 2.24. The highest BCUT2D eigenvalue weighted by molar-refractivity contribution is 7.13. The Hall–Kier alpha value is -1.38. The van der Waals surface area contributed by atoms with Crippen molar-refractivity contribution in [3.8, 4) is 10.4 Å². The van der Waals surface area contributed by atoms with E-state index in [1.807, 2.05) is 6.08 Å². The quantitative estimate of drug-likeness (QED) is 0.833. The molecule has 0 radical (unpaired) electrons. The summed E-state index contributed by atoms with van der Waals surface area (Å²) < 4.78 is 0. The van der Waals surface area contributed by atoms with Crippen molar-refractivity contribution in [3.63, 3.8) is 0 Å². The van der Waals surface area contributed by atoms with E-state index in [0.29, 0.717) is 0 Å². The Morgan fingerprint density at radius 1 is 1.13 bits per heavy atom. The summed E-state index contributed by atoms with van der Waals surface area (Å²) in [4.78, 5) is 1.28. The van der Waals surface area contributed by atoms with Crippen LogP contribution in [0.15, 0.2) is 47.9 Å². The topological polar surface area (TPSA) is 20.2 Å². The van der Waals surface area contributed by atoms with Crippen LogP contribution in [0.4, 0.5) is 0 Å². The molecule has 2 heteroatoms. The third kappa shape index (κ3) is 2.55. The van der Waals surface area contributed by atoms with Gasteiger partial charge in [-0.1, -0.05) is 42.5 Å². The van der Waals surface area contributed by atoms with Crippen molar-refractivity contribution in [2.24, 2.45) is 0 Å². The number of aliphatic hydroxyl groups excluding tert-OH is 1. The fourth-order valence-electron chi connectivity index (χ4n) is 1.39. The van der Waals surface area contributed by atoms with Crippen LogP contribution in [-0.4, -0.2) is 11.7 Å². The van der Waals surface area contributed by atoms with Crippen molar-refractivity contribution in [1.82, 2.24) is 0 Å². The molecule has 2 rings (SSSR count). The van der Waals surface area contributed by atoms with Crippen molar-refractivity contribution in [1.29, 1.82) is 0 Å². The van der Waals surface area contributed by atoms with E-state index < -0.39 is 0 Å². The predicted molar refractivity (Wildman–Crippen MR) is 65.9 cm³/mol. The van der Waals surface area contributed by atoms with E-state index in [1.54, 1.807) is 17.4 Å². The van der Waals surface area contributed by atoms with Crippen molar-refractivity contribution in [3.05, 3.63) is 53.4 Å². The highest BCUT2D eigenvalue weighted by Gasteiger charge is 1.96. The zero-order valence-corrected chi connectivity index (χ0v) is 9.08. The minimum absolute atomic E-state index is 0.0900. The first-order valence-corrected chi connectivity index (χ1v) is 5.69. The van der Waals surface area contributed by atoms with Crippen LogP contribution in [-0.2, 0) is 0 Å². The zero-order valence-electron chi connectivity index (χ0n) is 8.26. The van der Waals surface area contributed by atoms with Gasteiger partial charge in [0.25, 0.3) is 0 Å². The van der Waals surface area contributed by atoms with Gasteiger partial charge in [-0.15, -0.1) is 11.3 Å². The Bertz CT molecular complexity index is 426. The molecule has 1 aromatic carbocycles. The first-order valence-electron chi connectivity index (χ1n) is 4.81. The molecule has 0 aliphatic heterocycles. The molecule has 0 aliphatic rings. The van der Waals surface area contributed by atoms with Gasteiger partial charge in [0, 0.05) is 4.88 Å². The molecule has 0 saturated carbocycles. The van der Waals surface area contributed by atoms with E-state index in [0.717, 1.165) is 5.56 Å². The van der Waals surface area contributed by atoms with Crippen molar-refractivity contribution < 1.29 is 5.11 Å². The lowest BCUT2D eigenvalue weighted by Gasteiger charge is -1.98. The Kier molecular flexibility index (Phi) is 3.33. The number of hydrogen-bond acceptors (Lipinski definition) is 2. The lowest BCUT2D eigenvalue weighted by Crippen LogP contribution is -1.76.